The van der Waals surface area contributed by atoms with Crippen LogP contribution in [-0.2, 0) is 11.3 Å². The topological polar surface area (TPSA) is 71.7 Å². The molecule has 0 atom stereocenters. The summed E-state index contributed by atoms with van der Waals surface area (Å²) in [4.78, 5) is 21.7. The number of para-hydroxylation sites is 1. The SMILES string of the molecule is O=C(/C=C/c1ccccc1OC(F)F)N1CCN(Cc2noc(-c3cccs3)n2)CC1. The van der Waals surface area contributed by atoms with E-state index in [9.17, 15) is 13.6 Å². The monoisotopic (exact) mass is 446 g/mol. The first-order valence-corrected chi connectivity index (χ1v) is 10.6. The number of hydrogen-bond acceptors (Lipinski definition) is 7. The molecule has 0 spiro atoms. The van der Waals surface area contributed by atoms with Crippen molar-refractivity contribution in [3.05, 3.63) is 59.2 Å². The molecule has 0 aliphatic carbocycles. The van der Waals surface area contributed by atoms with Gasteiger partial charge in [0.1, 0.15) is 5.75 Å². The van der Waals surface area contributed by atoms with Crippen LogP contribution in [0.3, 0.4) is 0 Å². The van der Waals surface area contributed by atoms with Gasteiger partial charge in [-0.15, -0.1) is 11.3 Å². The second kappa shape index (κ2) is 9.80. The number of alkyl halides is 2. The van der Waals surface area contributed by atoms with Crippen molar-refractivity contribution in [3.63, 3.8) is 0 Å². The van der Waals surface area contributed by atoms with Crippen LogP contribution in [0.4, 0.5) is 8.78 Å². The van der Waals surface area contributed by atoms with E-state index < -0.39 is 6.61 Å². The molecule has 0 N–H and O–H groups in total. The van der Waals surface area contributed by atoms with E-state index in [-0.39, 0.29) is 11.7 Å². The summed E-state index contributed by atoms with van der Waals surface area (Å²) in [6.07, 6.45) is 2.88. The number of ether oxygens (including phenoxy) is 1. The van der Waals surface area contributed by atoms with Crippen LogP contribution in [0.15, 0.2) is 52.4 Å². The number of carbonyl (C=O) groups excluding carboxylic acids is 1. The summed E-state index contributed by atoms with van der Waals surface area (Å²) in [7, 11) is 0. The molecule has 1 saturated heterocycles. The number of thiophene rings is 1. The largest absolute Gasteiger partial charge is 0.434 e. The van der Waals surface area contributed by atoms with Crippen molar-refractivity contribution >= 4 is 23.3 Å². The van der Waals surface area contributed by atoms with Crippen LogP contribution in [0.25, 0.3) is 16.8 Å². The molecule has 0 unspecified atom stereocenters. The zero-order valence-electron chi connectivity index (χ0n) is 16.5. The molecule has 7 nitrogen and oxygen atoms in total. The summed E-state index contributed by atoms with van der Waals surface area (Å²) in [5.41, 5.74) is 0.424. The Morgan fingerprint density at radius 1 is 1.19 bits per heavy atom. The van der Waals surface area contributed by atoms with Crippen molar-refractivity contribution in [1.29, 1.82) is 0 Å². The summed E-state index contributed by atoms with van der Waals surface area (Å²) in [5, 5.41) is 5.99. The number of nitrogens with zero attached hydrogens (tertiary/aromatic N) is 4. The highest BCUT2D eigenvalue weighted by atomic mass is 32.1. The molecule has 1 aliphatic rings. The minimum absolute atomic E-state index is 0.0356. The number of aromatic nitrogens is 2. The molecule has 2 aromatic heterocycles. The van der Waals surface area contributed by atoms with E-state index in [4.69, 9.17) is 4.52 Å². The van der Waals surface area contributed by atoms with Crippen molar-refractivity contribution in [3.8, 4) is 16.5 Å². The molecule has 162 valence electrons. The van der Waals surface area contributed by atoms with Gasteiger partial charge in [-0.1, -0.05) is 29.4 Å². The zero-order chi connectivity index (χ0) is 21.6. The Bertz CT molecular complexity index is 1030. The maximum absolute atomic E-state index is 12.5. The van der Waals surface area contributed by atoms with Crippen molar-refractivity contribution in [1.82, 2.24) is 19.9 Å². The quantitative estimate of drug-likeness (QED) is 0.515. The first kappa shape index (κ1) is 21.1. The second-order valence-electron chi connectivity index (χ2n) is 6.84. The minimum Gasteiger partial charge on any atom is -0.434 e. The van der Waals surface area contributed by atoms with Gasteiger partial charge in [0, 0.05) is 37.8 Å². The number of piperazine rings is 1. The average molecular weight is 446 g/mol. The Hall–Kier alpha value is -3.11. The Labute approximate surface area is 181 Å². The van der Waals surface area contributed by atoms with E-state index in [0.717, 1.165) is 4.88 Å². The number of halogens is 2. The van der Waals surface area contributed by atoms with Crippen LogP contribution in [0.1, 0.15) is 11.4 Å². The van der Waals surface area contributed by atoms with Gasteiger partial charge in [-0.3, -0.25) is 9.69 Å². The molecule has 0 radical (unpaired) electrons. The Morgan fingerprint density at radius 3 is 2.74 bits per heavy atom. The maximum atomic E-state index is 12.5. The lowest BCUT2D eigenvalue weighted by Crippen LogP contribution is -2.47. The lowest BCUT2D eigenvalue weighted by molar-refractivity contribution is -0.127. The molecule has 0 saturated carbocycles. The first-order valence-electron chi connectivity index (χ1n) is 9.68. The third-order valence-electron chi connectivity index (χ3n) is 4.79. The first-order chi connectivity index (χ1) is 15.1. The summed E-state index contributed by atoms with van der Waals surface area (Å²) in [6.45, 7) is 0.0765. The van der Waals surface area contributed by atoms with Crippen molar-refractivity contribution in [2.45, 2.75) is 13.2 Å². The molecule has 1 amide bonds. The van der Waals surface area contributed by atoms with Crippen molar-refractivity contribution < 1.29 is 22.8 Å². The average Bonchev–Trinajstić information content (AvgIpc) is 3.45. The maximum Gasteiger partial charge on any atom is 0.387 e. The normalized spacial score (nSPS) is 15.1. The smallest absolute Gasteiger partial charge is 0.387 e. The highest BCUT2D eigenvalue weighted by molar-refractivity contribution is 7.13. The van der Waals surface area contributed by atoms with Crippen LogP contribution >= 0.6 is 11.3 Å². The third kappa shape index (κ3) is 5.53. The number of hydrogen-bond donors (Lipinski definition) is 0. The molecule has 3 aromatic rings. The van der Waals surface area contributed by atoms with Crippen molar-refractivity contribution in [2.75, 3.05) is 26.2 Å². The molecule has 1 fully saturated rings. The van der Waals surface area contributed by atoms with E-state index in [0.29, 0.717) is 50.0 Å². The summed E-state index contributed by atoms with van der Waals surface area (Å²) < 4.78 is 34.8. The van der Waals surface area contributed by atoms with Gasteiger partial charge in [0.15, 0.2) is 5.82 Å². The fourth-order valence-electron chi connectivity index (χ4n) is 3.23. The number of benzene rings is 1. The summed E-state index contributed by atoms with van der Waals surface area (Å²) in [5.74, 6) is 0.984. The predicted molar refractivity (Wildman–Crippen MR) is 112 cm³/mol. The molecule has 10 heteroatoms. The van der Waals surface area contributed by atoms with Crippen LogP contribution in [0.5, 0.6) is 5.75 Å². The summed E-state index contributed by atoms with van der Waals surface area (Å²) >= 11 is 1.54. The van der Waals surface area contributed by atoms with Crippen LogP contribution in [0.2, 0.25) is 0 Å². The highest BCUT2D eigenvalue weighted by Gasteiger charge is 2.21. The molecule has 3 heterocycles. The highest BCUT2D eigenvalue weighted by Crippen LogP contribution is 2.23. The van der Waals surface area contributed by atoms with E-state index in [1.54, 1.807) is 34.4 Å². The fourth-order valence-corrected chi connectivity index (χ4v) is 3.88. The number of amides is 1. The molecular weight excluding hydrogens is 426 g/mol. The molecule has 1 aromatic carbocycles. The van der Waals surface area contributed by atoms with Crippen LogP contribution < -0.4 is 4.74 Å². The van der Waals surface area contributed by atoms with E-state index >= 15 is 0 Å². The van der Waals surface area contributed by atoms with Crippen LogP contribution in [-0.4, -0.2) is 58.6 Å². The number of rotatable bonds is 7. The standard InChI is InChI=1S/C21H20F2N4O3S/c22-21(23)29-16-5-2-1-4-15(16)7-8-19(28)27-11-9-26(10-12-27)14-18-24-20(30-25-18)17-6-3-13-31-17/h1-8,13,21H,9-12,14H2/b8-7+. The molecule has 31 heavy (non-hydrogen) atoms. The van der Waals surface area contributed by atoms with Crippen LogP contribution in [0, 0.1) is 0 Å². The van der Waals surface area contributed by atoms with Crippen molar-refractivity contribution in [2.24, 2.45) is 0 Å². The summed E-state index contributed by atoms with van der Waals surface area (Å²) in [6, 6.07) is 10.2. The minimum atomic E-state index is -2.92. The van der Waals surface area contributed by atoms with Gasteiger partial charge in [0.2, 0.25) is 5.91 Å². The molecule has 1 aliphatic heterocycles. The lowest BCUT2D eigenvalue weighted by atomic mass is 10.2. The van der Waals surface area contributed by atoms with Gasteiger partial charge in [0.05, 0.1) is 11.4 Å². The van der Waals surface area contributed by atoms with Gasteiger partial charge < -0.3 is 14.2 Å². The Morgan fingerprint density at radius 2 is 2.00 bits per heavy atom. The van der Waals surface area contributed by atoms with E-state index in [2.05, 4.69) is 19.8 Å². The van der Waals surface area contributed by atoms with Gasteiger partial charge in [-0.05, 0) is 23.6 Å². The van der Waals surface area contributed by atoms with E-state index in [1.807, 2.05) is 17.5 Å². The zero-order valence-corrected chi connectivity index (χ0v) is 17.3. The van der Waals surface area contributed by atoms with Gasteiger partial charge in [0.25, 0.3) is 5.89 Å². The Kier molecular flexibility index (Phi) is 6.68. The van der Waals surface area contributed by atoms with Gasteiger partial charge >= 0.3 is 6.61 Å². The molecule has 0 bridgehead atoms. The van der Waals surface area contributed by atoms with Gasteiger partial charge in [-0.25, -0.2) is 0 Å². The Balaban J connectivity index is 1.29. The third-order valence-corrected chi connectivity index (χ3v) is 5.65. The number of carbonyl (C=O) groups is 1. The molecule has 4 rings (SSSR count). The van der Waals surface area contributed by atoms with E-state index in [1.165, 1.54) is 18.2 Å². The fraction of sp³-hybridized carbons (Fsp3) is 0.286. The predicted octanol–water partition coefficient (Wildman–Crippen LogP) is 3.76. The second-order valence-corrected chi connectivity index (χ2v) is 7.79. The lowest BCUT2D eigenvalue weighted by Gasteiger charge is -2.33. The molecular formula is C21H20F2N4O3S. The van der Waals surface area contributed by atoms with Gasteiger partial charge in [-0.2, -0.15) is 13.8 Å².